The third-order valence-electron chi connectivity index (χ3n) is 3.49. The van der Waals surface area contributed by atoms with Crippen molar-refractivity contribution in [2.45, 2.75) is 18.9 Å². The van der Waals surface area contributed by atoms with E-state index in [0.717, 1.165) is 6.42 Å². The highest BCUT2D eigenvalue weighted by Gasteiger charge is 2.36. The zero-order valence-electron chi connectivity index (χ0n) is 8.97. The van der Waals surface area contributed by atoms with Crippen molar-refractivity contribution in [3.63, 3.8) is 0 Å². The molecule has 2 aliphatic carbocycles. The van der Waals surface area contributed by atoms with Crippen molar-refractivity contribution < 1.29 is 4.79 Å². The van der Waals surface area contributed by atoms with Crippen LogP contribution in [0.1, 0.15) is 23.3 Å². The number of nitrogens with one attached hydrogen (secondary N) is 1. The number of fused-ring (bicyclic) bond motifs is 2. The van der Waals surface area contributed by atoms with Crippen LogP contribution in [0, 0.1) is 11.8 Å². The van der Waals surface area contributed by atoms with Crippen LogP contribution in [-0.2, 0) is 0 Å². The average Bonchev–Trinajstić information content (AvgIpc) is 2.92. The molecule has 1 aromatic heterocycles. The molecule has 1 fully saturated rings. The highest BCUT2D eigenvalue weighted by atomic mass is 16.1. The Labute approximate surface area is 94.6 Å². The molecular weight excluding hydrogens is 200 g/mol. The first-order valence-electron chi connectivity index (χ1n) is 5.73. The van der Waals surface area contributed by atoms with E-state index in [2.05, 4.69) is 22.5 Å². The summed E-state index contributed by atoms with van der Waals surface area (Å²) in [4.78, 5) is 15.9. The second-order valence-corrected chi connectivity index (χ2v) is 4.58. The Morgan fingerprint density at radius 1 is 1.31 bits per heavy atom. The molecule has 0 saturated heterocycles. The van der Waals surface area contributed by atoms with Crippen molar-refractivity contribution in [2.24, 2.45) is 11.8 Å². The summed E-state index contributed by atoms with van der Waals surface area (Å²) in [5.41, 5.74) is 0.509. The quantitative estimate of drug-likeness (QED) is 0.762. The normalized spacial score (nSPS) is 30.6. The Balaban J connectivity index is 1.68. The number of aromatic nitrogens is 1. The molecule has 3 rings (SSSR count). The van der Waals surface area contributed by atoms with Crippen molar-refractivity contribution in [3.8, 4) is 0 Å². The minimum absolute atomic E-state index is 0.0495. The number of nitrogens with zero attached hydrogens (tertiary/aromatic N) is 1. The van der Waals surface area contributed by atoms with E-state index >= 15 is 0 Å². The van der Waals surface area contributed by atoms with E-state index in [1.807, 2.05) is 12.1 Å². The van der Waals surface area contributed by atoms with Crippen LogP contribution in [0.2, 0.25) is 0 Å². The molecule has 0 radical (unpaired) electrons. The maximum atomic E-state index is 11.9. The minimum atomic E-state index is -0.0495. The molecule has 3 heteroatoms. The molecule has 1 heterocycles. The summed E-state index contributed by atoms with van der Waals surface area (Å²) in [6.45, 7) is 0. The summed E-state index contributed by atoms with van der Waals surface area (Å²) in [5.74, 6) is 1.17. The van der Waals surface area contributed by atoms with Gasteiger partial charge in [-0.05, 0) is 36.8 Å². The van der Waals surface area contributed by atoms with Gasteiger partial charge in [0.05, 0.1) is 0 Å². The van der Waals surface area contributed by atoms with Gasteiger partial charge in [-0.25, -0.2) is 0 Å². The molecule has 3 nitrogen and oxygen atoms in total. The molecule has 1 aromatic rings. The lowest BCUT2D eigenvalue weighted by atomic mass is 10.0. The maximum absolute atomic E-state index is 11.9. The third kappa shape index (κ3) is 1.62. The molecule has 2 bridgehead atoms. The van der Waals surface area contributed by atoms with E-state index in [0.29, 0.717) is 23.6 Å². The van der Waals surface area contributed by atoms with Gasteiger partial charge in [0.2, 0.25) is 0 Å². The van der Waals surface area contributed by atoms with E-state index in [9.17, 15) is 4.79 Å². The minimum Gasteiger partial charge on any atom is -0.347 e. The van der Waals surface area contributed by atoms with Gasteiger partial charge in [0.25, 0.3) is 5.91 Å². The van der Waals surface area contributed by atoms with Crippen LogP contribution in [-0.4, -0.2) is 16.9 Å². The van der Waals surface area contributed by atoms with Crippen LogP contribution in [0.15, 0.2) is 36.5 Å². The van der Waals surface area contributed by atoms with E-state index in [1.165, 1.54) is 6.42 Å². The molecule has 1 saturated carbocycles. The second kappa shape index (κ2) is 3.74. The Bertz CT molecular complexity index is 427. The fraction of sp³-hybridized carbons (Fsp3) is 0.385. The molecule has 1 amide bonds. The van der Waals surface area contributed by atoms with Gasteiger partial charge in [-0.15, -0.1) is 0 Å². The Morgan fingerprint density at radius 2 is 2.25 bits per heavy atom. The Hall–Kier alpha value is -1.64. The molecule has 2 aliphatic rings. The monoisotopic (exact) mass is 214 g/mol. The lowest BCUT2D eigenvalue weighted by Gasteiger charge is -2.19. The third-order valence-corrected chi connectivity index (χ3v) is 3.49. The summed E-state index contributed by atoms with van der Waals surface area (Å²) in [6, 6.07) is 5.71. The van der Waals surface area contributed by atoms with Crippen LogP contribution >= 0.6 is 0 Å². The molecule has 3 atom stereocenters. The number of carbonyl (C=O) groups excluding carboxylic acids is 1. The highest BCUT2D eigenvalue weighted by molar-refractivity contribution is 5.92. The van der Waals surface area contributed by atoms with Crippen molar-refractivity contribution in [1.29, 1.82) is 0 Å². The van der Waals surface area contributed by atoms with Crippen LogP contribution in [0.4, 0.5) is 0 Å². The summed E-state index contributed by atoms with van der Waals surface area (Å²) < 4.78 is 0. The van der Waals surface area contributed by atoms with Crippen molar-refractivity contribution in [3.05, 3.63) is 42.2 Å². The summed E-state index contributed by atoms with van der Waals surface area (Å²) in [5, 5.41) is 3.07. The van der Waals surface area contributed by atoms with Crippen LogP contribution < -0.4 is 5.32 Å². The zero-order chi connectivity index (χ0) is 11.0. The molecule has 0 aromatic carbocycles. The smallest absolute Gasteiger partial charge is 0.270 e. The predicted octanol–water partition coefficient (Wildman–Crippen LogP) is 1.78. The number of allylic oxidation sites excluding steroid dienone is 1. The number of hydrogen-bond acceptors (Lipinski definition) is 2. The SMILES string of the molecule is O=C(NC1CC2C=CC1C2)c1ccccn1. The van der Waals surface area contributed by atoms with Gasteiger partial charge >= 0.3 is 0 Å². The van der Waals surface area contributed by atoms with Crippen molar-refractivity contribution in [1.82, 2.24) is 10.3 Å². The molecule has 1 N–H and O–H groups in total. The molecular formula is C13H14N2O. The van der Waals surface area contributed by atoms with Crippen LogP contribution in [0.25, 0.3) is 0 Å². The molecule has 3 unspecified atom stereocenters. The molecule has 0 spiro atoms. The molecule has 16 heavy (non-hydrogen) atoms. The summed E-state index contributed by atoms with van der Waals surface area (Å²) >= 11 is 0. The molecule has 82 valence electrons. The van der Waals surface area contributed by atoms with Gasteiger partial charge in [-0.3, -0.25) is 9.78 Å². The van der Waals surface area contributed by atoms with E-state index in [4.69, 9.17) is 0 Å². The van der Waals surface area contributed by atoms with E-state index < -0.39 is 0 Å². The number of hydrogen-bond donors (Lipinski definition) is 1. The van der Waals surface area contributed by atoms with Gasteiger partial charge in [0, 0.05) is 12.2 Å². The number of pyridine rings is 1. The lowest BCUT2D eigenvalue weighted by molar-refractivity contribution is 0.0926. The zero-order valence-corrected chi connectivity index (χ0v) is 8.97. The summed E-state index contributed by atoms with van der Waals surface area (Å²) in [6.07, 6.45) is 8.44. The lowest BCUT2D eigenvalue weighted by Crippen LogP contribution is -2.37. The molecule has 0 aliphatic heterocycles. The number of amides is 1. The predicted molar refractivity (Wildman–Crippen MR) is 60.8 cm³/mol. The van der Waals surface area contributed by atoms with Crippen molar-refractivity contribution >= 4 is 5.91 Å². The summed E-state index contributed by atoms with van der Waals surface area (Å²) in [7, 11) is 0. The first-order chi connectivity index (χ1) is 7.83. The first kappa shape index (κ1) is 9.58. The number of carbonyl (C=O) groups is 1. The van der Waals surface area contributed by atoms with Gasteiger partial charge in [0.1, 0.15) is 5.69 Å². The van der Waals surface area contributed by atoms with Crippen molar-refractivity contribution in [2.75, 3.05) is 0 Å². The second-order valence-electron chi connectivity index (χ2n) is 4.58. The number of rotatable bonds is 2. The standard InChI is InChI=1S/C13H14N2O/c16-13(11-3-1-2-6-14-11)15-12-8-9-4-5-10(12)7-9/h1-6,9-10,12H,7-8H2,(H,15,16). The average molecular weight is 214 g/mol. The fourth-order valence-corrected chi connectivity index (χ4v) is 2.69. The van der Waals surface area contributed by atoms with Crippen LogP contribution in [0.3, 0.4) is 0 Å². The van der Waals surface area contributed by atoms with Gasteiger partial charge < -0.3 is 5.32 Å². The van der Waals surface area contributed by atoms with Gasteiger partial charge in [0.15, 0.2) is 0 Å². The largest absolute Gasteiger partial charge is 0.347 e. The maximum Gasteiger partial charge on any atom is 0.270 e. The Morgan fingerprint density at radius 3 is 2.88 bits per heavy atom. The first-order valence-corrected chi connectivity index (χ1v) is 5.73. The topological polar surface area (TPSA) is 42.0 Å². The van der Waals surface area contributed by atoms with Gasteiger partial charge in [-0.1, -0.05) is 18.2 Å². The van der Waals surface area contributed by atoms with E-state index in [1.54, 1.807) is 12.3 Å². The fourth-order valence-electron chi connectivity index (χ4n) is 2.69. The van der Waals surface area contributed by atoms with E-state index in [-0.39, 0.29) is 5.91 Å². The van der Waals surface area contributed by atoms with Gasteiger partial charge in [-0.2, -0.15) is 0 Å². The Kier molecular flexibility index (Phi) is 2.24. The van der Waals surface area contributed by atoms with Crippen LogP contribution in [0.5, 0.6) is 0 Å². The highest BCUT2D eigenvalue weighted by Crippen LogP contribution is 2.38.